The summed E-state index contributed by atoms with van der Waals surface area (Å²) in [5.41, 5.74) is 4.85. The summed E-state index contributed by atoms with van der Waals surface area (Å²) in [6, 6.07) is 17.0. The van der Waals surface area contributed by atoms with E-state index in [1.54, 1.807) is 18.2 Å². The zero-order valence-corrected chi connectivity index (χ0v) is 11.5. The first-order chi connectivity index (χ1) is 10.1. The fourth-order valence-corrected chi connectivity index (χ4v) is 3.00. The second-order valence-electron chi connectivity index (χ2n) is 5.12. The van der Waals surface area contributed by atoms with Gasteiger partial charge in [0, 0.05) is 5.92 Å². The molecular weight excluding hydrogens is 262 g/mol. The van der Waals surface area contributed by atoms with Gasteiger partial charge >= 0.3 is 5.97 Å². The Morgan fingerprint density at radius 3 is 2.67 bits per heavy atom. The molecule has 102 valence electrons. The molecule has 1 aliphatic carbocycles. The van der Waals surface area contributed by atoms with E-state index in [2.05, 4.69) is 6.07 Å². The lowest BCUT2D eigenvalue weighted by Gasteiger charge is -2.15. The number of allylic oxidation sites excluding steroid dienone is 2. The SMILES string of the molecule is CC1=C(C#N)c2ccccc2C1c1cccc(C(=O)O)c1. The first-order valence-electron chi connectivity index (χ1n) is 6.67. The predicted molar refractivity (Wildman–Crippen MR) is 79.9 cm³/mol. The summed E-state index contributed by atoms with van der Waals surface area (Å²) in [6.07, 6.45) is 0. The molecule has 0 bridgehead atoms. The standard InChI is InChI=1S/C18H13NO2/c1-11-16(10-19)14-7-2-3-8-15(14)17(11)12-5-4-6-13(9-12)18(20)21/h2-9,17H,1H3,(H,20,21). The van der Waals surface area contributed by atoms with Crippen LogP contribution < -0.4 is 0 Å². The summed E-state index contributed by atoms with van der Waals surface area (Å²) in [6.45, 7) is 1.94. The van der Waals surface area contributed by atoms with E-state index in [4.69, 9.17) is 5.11 Å². The van der Waals surface area contributed by atoms with Crippen molar-refractivity contribution in [1.29, 1.82) is 5.26 Å². The van der Waals surface area contributed by atoms with Crippen molar-refractivity contribution >= 4 is 11.5 Å². The maximum atomic E-state index is 11.2. The molecule has 0 spiro atoms. The van der Waals surface area contributed by atoms with Crippen LogP contribution in [0.5, 0.6) is 0 Å². The van der Waals surface area contributed by atoms with Gasteiger partial charge < -0.3 is 5.11 Å². The van der Waals surface area contributed by atoms with E-state index >= 15 is 0 Å². The Morgan fingerprint density at radius 2 is 1.95 bits per heavy atom. The summed E-state index contributed by atoms with van der Waals surface area (Å²) in [4.78, 5) is 11.2. The lowest BCUT2D eigenvalue weighted by atomic mass is 9.88. The number of carboxylic acids is 1. The number of rotatable bonds is 2. The largest absolute Gasteiger partial charge is 0.478 e. The van der Waals surface area contributed by atoms with E-state index in [1.807, 2.05) is 37.3 Å². The highest BCUT2D eigenvalue weighted by atomic mass is 16.4. The molecule has 0 saturated heterocycles. The van der Waals surface area contributed by atoms with E-state index in [-0.39, 0.29) is 11.5 Å². The number of carboxylic acid groups (broad SMARTS) is 1. The Bertz CT molecular complexity index is 812. The predicted octanol–water partition coefficient (Wildman–Crippen LogP) is 3.83. The molecule has 1 unspecified atom stereocenters. The van der Waals surface area contributed by atoms with E-state index in [9.17, 15) is 10.1 Å². The van der Waals surface area contributed by atoms with Gasteiger partial charge in [0.1, 0.15) is 0 Å². The number of nitriles is 1. The zero-order valence-electron chi connectivity index (χ0n) is 11.5. The summed E-state index contributed by atoms with van der Waals surface area (Å²) < 4.78 is 0. The van der Waals surface area contributed by atoms with E-state index < -0.39 is 5.97 Å². The molecule has 3 heteroatoms. The highest BCUT2D eigenvalue weighted by molar-refractivity contribution is 5.89. The molecule has 0 fully saturated rings. The molecule has 2 aromatic carbocycles. The van der Waals surface area contributed by atoms with Gasteiger partial charge in [-0.15, -0.1) is 0 Å². The Morgan fingerprint density at radius 1 is 1.19 bits per heavy atom. The topological polar surface area (TPSA) is 61.1 Å². The van der Waals surface area contributed by atoms with Crippen molar-refractivity contribution < 1.29 is 9.90 Å². The van der Waals surface area contributed by atoms with Crippen molar-refractivity contribution in [3.63, 3.8) is 0 Å². The number of nitrogens with zero attached hydrogens (tertiary/aromatic N) is 1. The molecule has 1 aliphatic rings. The van der Waals surface area contributed by atoms with Crippen LogP contribution in [0.3, 0.4) is 0 Å². The van der Waals surface area contributed by atoms with Gasteiger partial charge in [0.15, 0.2) is 0 Å². The lowest BCUT2D eigenvalue weighted by molar-refractivity contribution is 0.0696. The third-order valence-electron chi connectivity index (χ3n) is 3.95. The van der Waals surface area contributed by atoms with Gasteiger partial charge in [-0.25, -0.2) is 4.79 Å². The first kappa shape index (κ1) is 13.1. The quantitative estimate of drug-likeness (QED) is 0.906. The van der Waals surface area contributed by atoms with Crippen LogP contribution >= 0.6 is 0 Å². The van der Waals surface area contributed by atoms with Gasteiger partial charge in [-0.2, -0.15) is 5.26 Å². The molecule has 1 N–H and O–H groups in total. The maximum absolute atomic E-state index is 11.2. The van der Waals surface area contributed by atoms with Gasteiger partial charge in [-0.05, 0) is 41.3 Å². The lowest BCUT2D eigenvalue weighted by Crippen LogP contribution is -2.03. The molecule has 0 aliphatic heterocycles. The fourth-order valence-electron chi connectivity index (χ4n) is 3.00. The summed E-state index contributed by atoms with van der Waals surface area (Å²) in [7, 11) is 0. The Kier molecular flexibility index (Phi) is 3.08. The molecule has 1 atom stereocenters. The maximum Gasteiger partial charge on any atom is 0.335 e. The molecule has 0 aromatic heterocycles. The van der Waals surface area contributed by atoms with Gasteiger partial charge in [0.2, 0.25) is 0 Å². The highest BCUT2D eigenvalue weighted by Crippen LogP contribution is 2.44. The van der Waals surface area contributed by atoms with Gasteiger partial charge in [-0.3, -0.25) is 0 Å². The fraction of sp³-hybridized carbons (Fsp3) is 0.111. The Labute approximate surface area is 122 Å². The highest BCUT2D eigenvalue weighted by Gasteiger charge is 2.29. The van der Waals surface area contributed by atoms with E-state index in [0.717, 1.165) is 22.3 Å². The monoisotopic (exact) mass is 275 g/mol. The second kappa shape index (κ2) is 4.92. The van der Waals surface area contributed by atoms with Crippen molar-refractivity contribution in [2.45, 2.75) is 12.8 Å². The van der Waals surface area contributed by atoms with Crippen LogP contribution in [0.25, 0.3) is 5.57 Å². The van der Waals surface area contributed by atoms with Gasteiger partial charge in [0.05, 0.1) is 17.2 Å². The molecule has 0 amide bonds. The number of hydrogen-bond donors (Lipinski definition) is 1. The Hall–Kier alpha value is -2.86. The number of hydrogen-bond acceptors (Lipinski definition) is 2. The molecule has 3 nitrogen and oxygen atoms in total. The number of benzene rings is 2. The molecular formula is C18H13NO2. The zero-order chi connectivity index (χ0) is 15.0. The minimum Gasteiger partial charge on any atom is -0.478 e. The molecule has 2 aromatic rings. The molecule has 0 heterocycles. The summed E-state index contributed by atoms with van der Waals surface area (Å²) >= 11 is 0. The van der Waals surface area contributed by atoms with Gasteiger partial charge in [-0.1, -0.05) is 36.4 Å². The van der Waals surface area contributed by atoms with Crippen LogP contribution in [0, 0.1) is 11.3 Å². The molecule has 0 radical (unpaired) electrons. The number of carbonyl (C=O) groups is 1. The van der Waals surface area contributed by atoms with E-state index in [0.29, 0.717) is 5.57 Å². The second-order valence-corrected chi connectivity index (χ2v) is 5.12. The third kappa shape index (κ3) is 2.02. The van der Waals surface area contributed by atoms with Crippen LogP contribution in [0.2, 0.25) is 0 Å². The molecule has 0 saturated carbocycles. The van der Waals surface area contributed by atoms with Crippen molar-refractivity contribution in [3.8, 4) is 6.07 Å². The van der Waals surface area contributed by atoms with Crippen molar-refractivity contribution in [1.82, 2.24) is 0 Å². The van der Waals surface area contributed by atoms with Crippen molar-refractivity contribution in [2.75, 3.05) is 0 Å². The van der Waals surface area contributed by atoms with Gasteiger partial charge in [0.25, 0.3) is 0 Å². The number of fused-ring (bicyclic) bond motifs is 1. The average molecular weight is 275 g/mol. The first-order valence-corrected chi connectivity index (χ1v) is 6.67. The summed E-state index contributed by atoms with van der Waals surface area (Å²) in [5.74, 6) is -0.986. The molecule has 21 heavy (non-hydrogen) atoms. The normalized spacial score (nSPS) is 16.5. The van der Waals surface area contributed by atoms with Crippen LogP contribution in [-0.4, -0.2) is 11.1 Å². The minimum absolute atomic E-state index is 0.0462. The van der Waals surface area contributed by atoms with Crippen molar-refractivity contribution in [3.05, 3.63) is 76.4 Å². The summed E-state index contributed by atoms with van der Waals surface area (Å²) in [5, 5.41) is 18.5. The van der Waals surface area contributed by atoms with Crippen molar-refractivity contribution in [2.24, 2.45) is 0 Å². The van der Waals surface area contributed by atoms with E-state index in [1.165, 1.54) is 0 Å². The Balaban J connectivity index is 2.20. The van der Waals surface area contributed by atoms with Crippen LogP contribution in [0.15, 0.2) is 54.1 Å². The van der Waals surface area contributed by atoms with Crippen LogP contribution in [-0.2, 0) is 0 Å². The average Bonchev–Trinajstić information content (AvgIpc) is 2.78. The van der Waals surface area contributed by atoms with Crippen LogP contribution in [0.4, 0.5) is 0 Å². The minimum atomic E-state index is -0.940. The number of aromatic carboxylic acids is 1. The molecule has 3 rings (SSSR count). The smallest absolute Gasteiger partial charge is 0.335 e. The van der Waals surface area contributed by atoms with Crippen LogP contribution in [0.1, 0.15) is 39.9 Å². The third-order valence-corrected chi connectivity index (χ3v) is 3.95.